The van der Waals surface area contributed by atoms with Gasteiger partial charge in [-0.1, -0.05) is 46.9 Å². The molecule has 1 saturated heterocycles. The molecule has 2 aromatic carbocycles. The van der Waals surface area contributed by atoms with Gasteiger partial charge in [0.2, 0.25) is 0 Å². The SMILES string of the molecule is Cc1c(C(=O)C(=O)N2CCNCC2)nn(-c2ccc(Cl)cc2Cl)c1-c1ccc(Cl)cc1. The van der Waals surface area contributed by atoms with Crippen molar-refractivity contribution in [2.75, 3.05) is 26.2 Å². The number of aromatic nitrogens is 2. The van der Waals surface area contributed by atoms with E-state index in [9.17, 15) is 9.59 Å². The number of ketones is 1. The summed E-state index contributed by atoms with van der Waals surface area (Å²) in [6.07, 6.45) is 0. The molecule has 1 amide bonds. The highest BCUT2D eigenvalue weighted by Gasteiger charge is 2.30. The summed E-state index contributed by atoms with van der Waals surface area (Å²) in [5.74, 6) is -1.20. The molecule has 1 aliphatic rings. The second-order valence-electron chi connectivity index (χ2n) is 7.21. The maximum atomic E-state index is 13.1. The Hall–Kier alpha value is -2.38. The van der Waals surface area contributed by atoms with E-state index < -0.39 is 11.7 Å². The fourth-order valence-corrected chi connectivity index (χ4v) is 4.21. The molecule has 0 bridgehead atoms. The molecular weight excluding hydrogens is 459 g/mol. The van der Waals surface area contributed by atoms with Crippen molar-refractivity contribution in [3.63, 3.8) is 0 Å². The van der Waals surface area contributed by atoms with Gasteiger partial charge in [-0.25, -0.2) is 4.68 Å². The van der Waals surface area contributed by atoms with Crippen LogP contribution in [0, 0.1) is 6.92 Å². The summed E-state index contributed by atoms with van der Waals surface area (Å²) in [4.78, 5) is 27.5. The lowest BCUT2D eigenvalue weighted by Gasteiger charge is -2.26. The first-order valence-corrected chi connectivity index (χ1v) is 10.9. The van der Waals surface area contributed by atoms with Crippen molar-refractivity contribution in [1.29, 1.82) is 0 Å². The zero-order valence-electron chi connectivity index (χ0n) is 16.7. The highest BCUT2D eigenvalue weighted by atomic mass is 35.5. The Kier molecular flexibility index (Phi) is 6.34. The van der Waals surface area contributed by atoms with Gasteiger partial charge in [0.1, 0.15) is 5.69 Å². The van der Waals surface area contributed by atoms with Crippen LogP contribution in [0.15, 0.2) is 42.5 Å². The van der Waals surface area contributed by atoms with Gasteiger partial charge in [0, 0.05) is 47.4 Å². The molecule has 0 radical (unpaired) electrons. The average Bonchev–Trinajstić information content (AvgIpc) is 3.10. The molecule has 0 spiro atoms. The molecule has 160 valence electrons. The Bertz CT molecular complexity index is 1150. The Morgan fingerprint density at radius 1 is 0.968 bits per heavy atom. The standard InChI is InChI=1S/C22H19Cl3N4O2/c1-13-19(21(30)22(31)28-10-8-26-9-11-28)27-29(18-7-6-16(24)12-17(18)25)20(13)14-2-4-15(23)5-3-14/h2-7,12,26H,8-11H2,1H3. The monoisotopic (exact) mass is 476 g/mol. The van der Waals surface area contributed by atoms with E-state index in [1.165, 1.54) is 0 Å². The molecule has 1 fully saturated rings. The summed E-state index contributed by atoms with van der Waals surface area (Å²) in [5.41, 5.74) is 2.67. The van der Waals surface area contributed by atoms with E-state index >= 15 is 0 Å². The van der Waals surface area contributed by atoms with E-state index in [0.717, 1.165) is 5.56 Å². The molecule has 6 nitrogen and oxygen atoms in total. The van der Waals surface area contributed by atoms with Gasteiger partial charge in [-0.2, -0.15) is 5.10 Å². The number of benzene rings is 2. The summed E-state index contributed by atoms with van der Waals surface area (Å²) in [6.45, 7) is 4.05. The van der Waals surface area contributed by atoms with Crippen LogP contribution in [-0.4, -0.2) is 52.5 Å². The molecule has 0 aliphatic carbocycles. The Labute approximate surface area is 194 Å². The molecule has 1 aromatic heterocycles. The van der Waals surface area contributed by atoms with Crippen molar-refractivity contribution >= 4 is 46.5 Å². The second kappa shape index (κ2) is 9.01. The van der Waals surface area contributed by atoms with E-state index in [0.29, 0.717) is 58.2 Å². The number of carbonyl (C=O) groups excluding carboxylic acids is 2. The van der Waals surface area contributed by atoms with E-state index in [4.69, 9.17) is 34.8 Å². The van der Waals surface area contributed by atoms with Crippen LogP contribution in [0.1, 0.15) is 16.1 Å². The average molecular weight is 478 g/mol. The van der Waals surface area contributed by atoms with Gasteiger partial charge in [-0.15, -0.1) is 0 Å². The number of rotatable bonds is 4. The Morgan fingerprint density at radius 3 is 2.26 bits per heavy atom. The quantitative estimate of drug-likeness (QED) is 0.446. The van der Waals surface area contributed by atoms with Gasteiger partial charge in [-0.3, -0.25) is 9.59 Å². The third-order valence-corrected chi connectivity index (χ3v) is 5.98. The highest BCUT2D eigenvalue weighted by molar-refractivity contribution is 6.42. The van der Waals surface area contributed by atoms with Gasteiger partial charge >= 0.3 is 0 Å². The molecule has 0 unspecified atom stereocenters. The summed E-state index contributed by atoms with van der Waals surface area (Å²) >= 11 is 18.5. The van der Waals surface area contributed by atoms with Gasteiger partial charge in [0.05, 0.1) is 16.4 Å². The first-order valence-electron chi connectivity index (χ1n) is 9.72. The zero-order valence-corrected chi connectivity index (χ0v) is 18.9. The molecule has 9 heteroatoms. The third kappa shape index (κ3) is 4.34. The Balaban J connectivity index is 1.84. The molecule has 2 heterocycles. The predicted octanol–water partition coefficient (Wildman–Crippen LogP) is 4.42. The summed E-state index contributed by atoms with van der Waals surface area (Å²) in [7, 11) is 0. The van der Waals surface area contributed by atoms with Gasteiger partial charge in [0.15, 0.2) is 0 Å². The third-order valence-electron chi connectivity index (χ3n) is 5.19. The van der Waals surface area contributed by atoms with Crippen LogP contribution in [-0.2, 0) is 4.79 Å². The van der Waals surface area contributed by atoms with Crippen molar-refractivity contribution in [3.05, 3.63) is 68.8 Å². The maximum absolute atomic E-state index is 13.1. The lowest BCUT2D eigenvalue weighted by Crippen LogP contribution is -2.48. The van der Waals surface area contributed by atoms with Gasteiger partial charge in [-0.05, 0) is 37.3 Å². The molecule has 31 heavy (non-hydrogen) atoms. The largest absolute Gasteiger partial charge is 0.333 e. The van der Waals surface area contributed by atoms with E-state index in [2.05, 4.69) is 10.4 Å². The molecule has 4 rings (SSSR count). The lowest BCUT2D eigenvalue weighted by molar-refractivity contribution is -0.127. The number of hydrogen-bond donors (Lipinski definition) is 1. The first-order chi connectivity index (χ1) is 14.9. The lowest BCUT2D eigenvalue weighted by atomic mass is 10.0. The van der Waals surface area contributed by atoms with Crippen molar-refractivity contribution in [3.8, 4) is 16.9 Å². The van der Waals surface area contributed by atoms with Gasteiger partial charge < -0.3 is 10.2 Å². The van der Waals surface area contributed by atoms with Crippen LogP contribution in [0.5, 0.6) is 0 Å². The maximum Gasteiger partial charge on any atom is 0.296 e. The van der Waals surface area contributed by atoms with Crippen molar-refractivity contribution in [2.45, 2.75) is 6.92 Å². The smallest absolute Gasteiger partial charge is 0.296 e. The normalized spacial score (nSPS) is 14.0. The van der Waals surface area contributed by atoms with E-state index in [-0.39, 0.29) is 5.69 Å². The van der Waals surface area contributed by atoms with Crippen molar-refractivity contribution in [2.24, 2.45) is 0 Å². The first kappa shape index (κ1) is 21.8. The summed E-state index contributed by atoms with van der Waals surface area (Å²) in [5, 5.41) is 9.14. The fourth-order valence-electron chi connectivity index (χ4n) is 3.60. The molecular formula is C22H19Cl3N4O2. The predicted molar refractivity (Wildman–Crippen MR) is 123 cm³/mol. The number of piperazine rings is 1. The number of amides is 1. The molecule has 1 N–H and O–H groups in total. The topological polar surface area (TPSA) is 67.2 Å². The van der Waals surface area contributed by atoms with E-state index in [1.54, 1.807) is 46.8 Å². The minimum absolute atomic E-state index is 0.0968. The second-order valence-corrected chi connectivity index (χ2v) is 8.49. The zero-order chi connectivity index (χ0) is 22.1. The van der Waals surface area contributed by atoms with Gasteiger partial charge in [0.25, 0.3) is 11.7 Å². The van der Waals surface area contributed by atoms with Crippen LogP contribution in [0.3, 0.4) is 0 Å². The molecule has 3 aromatic rings. The van der Waals surface area contributed by atoms with Crippen LogP contribution in [0.4, 0.5) is 0 Å². The highest BCUT2D eigenvalue weighted by Crippen LogP contribution is 2.33. The molecule has 0 atom stereocenters. The van der Waals surface area contributed by atoms with E-state index in [1.807, 2.05) is 12.1 Å². The summed E-state index contributed by atoms with van der Waals surface area (Å²) in [6, 6.07) is 12.2. The number of nitrogens with zero attached hydrogens (tertiary/aromatic N) is 3. The van der Waals surface area contributed by atoms with Crippen LogP contribution < -0.4 is 5.32 Å². The van der Waals surface area contributed by atoms with Crippen LogP contribution in [0.25, 0.3) is 16.9 Å². The molecule has 0 saturated carbocycles. The number of hydrogen-bond acceptors (Lipinski definition) is 4. The fraction of sp³-hybridized carbons (Fsp3) is 0.227. The van der Waals surface area contributed by atoms with Crippen LogP contribution in [0.2, 0.25) is 15.1 Å². The minimum Gasteiger partial charge on any atom is -0.333 e. The number of carbonyl (C=O) groups is 2. The number of halogens is 3. The van der Waals surface area contributed by atoms with Crippen molar-refractivity contribution < 1.29 is 9.59 Å². The summed E-state index contributed by atoms with van der Waals surface area (Å²) < 4.78 is 1.58. The Morgan fingerprint density at radius 2 is 1.61 bits per heavy atom. The molecule has 1 aliphatic heterocycles. The number of nitrogens with one attached hydrogen (secondary N) is 1. The van der Waals surface area contributed by atoms with Crippen LogP contribution >= 0.6 is 34.8 Å². The minimum atomic E-state index is -0.640. The van der Waals surface area contributed by atoms with Crippen molar-refractivity contribution in [1.82, 2.24) is 20.0 Å². The number of Topliss-reactive ketones (excluding diaryl/α,β-unsaturated/α-hetero) is 1.